The molecular formula is C14H22N2O2. The fourth-order valence-corrected chi connectivity index (χ4v) is 2.14. The average molecular weight is 250 g/mol. The fourth-order valence-electron chi connectivity index (χ4n) is 2.14. The van der Waals surface area contributed by atoms with Gasteiger partial charge in [-0.3, -0.25) is 4.90 Å². The molecule has 0 atom stereocenters. The van der Waals surface area contributed by atoms with Crippen LogP contribution in [0.2, 0.25) is 0 Å². The minimum Gasteiger partial charge on any atom is -0.492 e. The number of nitrogens with two attached hydrogens (primary N) is 1. The van der Waals surface area contributed by atoms with Gasteiger partial charge in [0.05, 0.1) is 13.2 Å². The minimum atomic E-state index is 0.0999. The second kappa shape index (κ2) is 5.59. The highest BCUT2D eigenvalue weighted by atomic mass is 16.5. The first kappa shape index (κ1) is 13.2. The Labute approximate surface area is 109 Å². The van der Waals surface area contributed by atoms with Crippen LogP contribution in [0.4, 0.5) is 5.69 Å². The Hall–Kier alpha value is -1.26. The normalized spacial score (nSPS) is 19.7. The summed E-state index contributed by atoms with van der Waals surface area (Å²) in [6.45, 7) is 8.58. The maximum Gasteiger partial charge on any atom is 0.119 e. The summed E-state index contributed by atoms with van der Waals surface area (Å²) in [5.41, 5.74) is 6.49. The van der Waals surface area contributed by atoms with Gasteiger partial charge in [0.2, 0.25) is 0 Å². The molecule has 1 saturated heterocycles. The SMILES string of the molecule is CC1(C)COCCN1CCOc1ccc(N)cc1. The Morgan fingerprint density at radius 3 is 2.72 bits per heavy atom. The molecule has 2 rings (SSSR count). The van der Waals surface area contributed by atoms with Crippen molar-refractivity contribution in [2.24, 2.45) is 0 Å². The standard InChI is InChI=1S/C14H22N2O2/c1-14(2)11-17-9-7-16(14)8-10-18-13-5-3-12(15)4-6-13/h3-6H,7-11,15H2,1-2H3. The van der Waals surface area contributed by atoms with Crippen LogP contribution in [0.25, 0.3) is 0 Å². The number of rotatable bonds is 4. The summed E-state index contributed by atoms with van der Waals surface area (Å²) in [7, 11) is 0. The summed E-state index contributed by atoms with van der Waals surface area (Å²) >= 11 is 0. The number of benzene rings is 1. The molecule has 1 aliphatic rings. The number of hydrogen-bond acceptors (Lipinski definition) is 4. The predicted octanol–water partition coefficient (Wildman–Crippen LogP) is 1.76. The summed E-state index contributed by atoms with van der Waals surface area (Å²) in [6, 6.07) is 7.52. The lowest BCUT2D eigenvalue weighted by molar-refractivity contribution is -0.0547. The van der Waals surface area contributed by atoms with E-state index in [9.17, 15) is 0 Å². The largest absolute Gasteiger partial charge is 0.492 e. The van der Waals surface area contributed by atoms with Crippen molar-refractivity contribution in [3.8, 4) is 5.75 Å². The first-order valence-corrected chi connectivity index (χ1v) is 6.39. The number of nitrogens with zero attached hydrogens (tertiary/aromatic N) is 1. The summed E-state index contributed by atoms with van der Waals surface area (Å²) < 4.78 is 11.2. The van der Waals surface area contributed by atoms with E-state index in [-0.39, 0.29) is 5.54 Å². The third-order valence-electron chi connectivity index (χ3n) is 3.33. The molecule has 0 aliphatic carbocycles. The Morgan fingerprint density at radius 2 is 2.06 bits per heavy atom. The summed E-state index contributed by atoms with van der Waals surface area (Å²) in [6.07, 6.45) is 0. The number of ether oxygens (including phenoxy) is 2. The van der Waals surface area contributed by atoms with Gasteiger partial charge >= 0.3 is 0 Å². The van der Waals surface area contributed by atoms with Gasteiger partial charge in [-0.05, 0) is 38.1 Å². The van der Waals surface area contributed by atoms with Gasteiger partial charge in [-0.1, -0.05) is 0 Å². The second-order valence-corrected chi connectivity index (χ2v) is 5.27. The lowest BCUT2D eigenvalue weighted by Gasteiger charge is -2.41. The molecule has 1 aromatic carbocycles. The molecule has 0 aromatic heterocycles. The van der Waals surface area contributed by atoms with E-state index in [2.05, 4.69) is 18.7 Å². The zero-order valence-corrected chi connectivity index (χ0v) is 11.2. The van der Waals surface area contributed by atoms with Gasteiger partial charge in [-0.25, -0.2) is 0 Å². The van der Waals surface area contributed by atoms with E-state index in [1.165, 1.54) is 0 Å². The van der Waals surface area contributed by atoms with Gasteiger partial charge in [0.1, 0.15) is 12.4 Å². The van der Waals surface area contributed by atoms with Crippen molar-refractivity contribution in [2.75, 3.05) is 38.6 Å². The van der Waals surface area contributed by atoms with Crippen LogP contribution < -0.4 is 10.5 Å². The topological polar surface area (TPSA) is 47.7 Å². The first-order chi connectivity index (χ1) is 8.58. The summed E-state index contributed by atoms with van der Waals surface area (Å²) in [4.78, 5) is 2.41. The second-order valence-electron chi connectivity index (χ2n) is 5.27. The predicted molar refractivity (Wildman–Crippen MR) is 72.8 cm³/mol. The molecule has 4 heteroatoms. The van der Waals surface area contributed by atoms with E-state index >= 15 is 0 Å². The van der Waals surface area contributed by atoms with Crippen molar-refractivity contribution in [1.82, 2.24) is 4.90 Å². The quantitative estimate of drug-likeness (QED) is 0.827. The Morgan fingerprint density at radius 1 is 1.33 bits per heavy atom. The van der Waals surface area contributed by atoms with E-state index < -0.39 is 0 Å². The lowest BCUT2D eigenvalue weighted by atomic mass is 10.0. The van der Waals surface area contributed by atoms with Gasteiger partial charge in [-0.15, -0.1) is 0 Å². The van der Waals surface area contributed by atoms with Gasteiger partial charge in [0.25, 0.3) is 0 Å². The molecule has 18 heavy (non-hydrogen) atoms. The lowest BCUT2D eigenvalue weighted by Crippen LogP contribution is -2.54. The highest BCUT2D eigenvalue weighted by Gasteiger charge is 2.29. The van der Waals surface area contributed by atoms with E-state index in [4.69, 9.17) is 15.2 Å². The van der Waals surface area contributed by atoms with E-state index in [1.54, 1.807) is 0 Å². The molecule has 0 spiro atoms. The fraction of sp³-hybridized carbons (Fsp3) is 0.571. The maximum absolute atomic E-state index is 5.72. The highest BCUT2D eigenvalue weighted by molar-refractivity contribution is 5.41. The molecule has 0 saturated carbocycles. The molecule has 0 unspecified atom stereocenters. The molecule has 0 amide bonds. The van der Waals surface area contributed by atoms with Crippen LogP contribution in [-0.4, -0.2) is 43.3 Å². The van der Waals surface area contributed by atoms with Crippen LogP contribution in [0, 0.1) is 0 Å². The third-order valence-corrected chi connectivity index (χ3v) is 3.33. The van der Waals surface area contributed by atoms with Crippen LogP contribution in [0.1, 0.15) is 13.8 Å². The van der Waals surface area contributed by atoms with Crippen molar-refractivity contribution in [1.29, 1.82) is 0 Å². The first-order valence-electron chi connectivity index (χ1n) is 6.39. The zero-order chi connectivity index (χ0) is 13.0. The Bertz CT molecular complexity index is 376. The maximum atomic E-state index is 5.72. The third kappa shape index (κ3) is 3.37. The molecule has 100 valence electrons. The van der Waals surface area contributed by atoms with Crippen molar-refractivity contribution >= 4 is 5.69 Å². The van der Waals surface area contributed by atoms with Crippen LogP contribution in [0.5, 0.6) is 5.75 Å². The van der Waals surface area contributed by atoms with Gasteiger partial charge < -0.3 is 15.2 Å². The molecule has 0 radical (unpaired) electrons. The van der Waals surface area contributed by atoms with Gasteiger partial charge in [0, 0.05) is 24.3 Å². The molecule has 4 nitrogen and oxygen atoms in total. The summed E-state index contributed by atoms with van der Waals surface area (Å²) in [5, 5.41) is 0. The van der Waals surface area contributed by atoms with E-state index in [0.717, 1.165) is 37.7 Å². The molecule has 1 heterocycles. The van der Waals surface area contributed by atoms with Crippen molar-refractivity contribution in [3.63, 3.8) is 0 Å². The number of morpholine rings is 1. The van der Waals surface area contributed by atoms with Crippen molar-refractivity contribution in [2.45, 2.75) is 19.4 Å². The molecule has 1 aromatic rings. The molecule has 1 fully saturated rings. The van der Waals surface area contributed by atoms with E-state index in [0.29, 0.717) is 6.61 Å². The number of hydrogen-bond donors (Lipinski definition) is 1. The van der Waals surface area contributed by atoms with Crippen LogP contribution >= 0.6 is 0 Å². The molecular weight excluding hydrogens is 228 g/mol. The molecule has 1 aliphatic heterocycles. The highest BCUT2D eigenvalue weighted by Crippen LogP contribution is 2.19. The van der Waals surface area contributed by atoms with Crippen LogP contribution in [0.3, 0.4) is 0 Å². The van der Waals surface area contributed by atoms with Gasteiger partial charge in [0.15, 0.2) is 0 Å². The van der Waals surface area contributed by atoms with Crippen molar-refractivity contribution in [3.05, 3.63) is 24.3 Å². The van der Waals surface area contributed by atoms with Crippen LogP contribution in [0.15, 0.2) is 24.3 Å². The Balaban J connectivity index is 1.79. The van der Waals surface area contributed by atoms with Gasteiger partial charge in [-0.2, -0.15) is 0 Å². The Kier molecular flexibility index (Phi) is 4.09. The zero-order valence-electron chi connectivity index (χ0n) is 11.2. The molecule has 0 bridgehead atoms. The number of anilines is 1. The molecule has 2 N–H and O–H groups in total. The van der Waals surface area contributed by atoms with E-state index in [1.807, 2.05) is 24.3 Å². The summed E-state index contributed by atoms with van der Waals surface area (Å²) in [5.74, 6) is 0.871. The number of nitrogen functional groups attached to an aromatic ring is 1. The van der Waals surface area contributed by atoms with Crippen LogP contribution in [-0.2, 0) is 4.74 Å². The smallest absolute Gasteiger partial charge is 0.119 e. The average Bonchev–Trinajstić information content (AvgIpc) is 2.33. The minimum absolute atomic E-state index is 0.0999. The monoisotopic (exact) mass is 250 g/mol. The van der Waals surface area contributed by atoms with Crippen molar-refractivity contribution < 1.29 is 9.47 Å².